The van der Waals surface area contributed by atoms with Gasteiger partial charge in [-0.1, -0.05) is 55.2 Å². The van der Waals surface area contributed by atoms with Crippen molar-refractivity contribution in [2.75, 3.05) is 11.9 Å². The second-order valence-electron chi connectivity index (χ2n) is 7.81. The van der Waals surface area contributed by atoms with Crippen molar-refractivity contribution in [1.82, 2.24) is 10.6 Å². The van der Waals surface area contributed by atoms with Gasteiger partial charge in [-0.05, 0) is 55.5 Å². The summed E-state index contributed by atoms with van der Waals surface area (Å²) in [6.45, 7) is 7.47. The third-order valence-electron chi connectivity index (χ3n) is 4.67. The maximum absolute atomic E-state index is 12.7. The van der Waals surface area contributed by atoms with Gasteiger partial charge < -0.3 is 16.0 Å². The van der Waals surface area contributed by atoms with E-state index in [0.717, 1.165) is 16.8 Å². The van der Waals surface area contributed by atoms with E-state index in [0.29, 0.717) is 11.4 Å². The molecular formula is C23H27Cl2N3O3. The van der Waals surface area contributed by atoms with Gasteiger partial charge in [0.15, 0.2) is 0 Å². The minimum atomic E-state index is -0.813. The van der Waals surface area contributed by atoms with Gasteiger partial charge >= 0.3 is 0 Å². The molecular weight excluding hydrogens is 437 g/mol. The molecule has 3 N–H and O–H groups in total. The summed E-state index contributed by atoms with van der Waals surface area (Å²) in [5.41, 5.74) is 2.82. The molecule has 0 spiro atoms. The number of carbonyl (C=O) groups is 3. The molecule has 0 fully saturated rings. The molecule has 6 nitrogen and oxygen atoms in total. The van der Waals surface area contributed by atoms with Gasteiger partial charge in [-0.2, -0.15) is 0 Å². The first-order valence-electron chi connectivity index (χ1n) is 9.98. The molecule has 8 heteroatoms. The number of hydrogen-bond donors (Lipinski definition) is 3. The van der Waals surface area contributed by atoms with Gasteiger partial charge in [0.2, 0.25) is 11.8 Å². The van der Waals surface area contributed by atoms with Crippen LogP contribution in [-0.2, 0) is 9.59 Å². The average molecular weight is 464 g/mol. The monoisotopic (exact) mass is 463 g/mol. The smallest absolute Gasteiger partial charge is 0.253 e. The molecule has 0 saturated carbocycles. The third-order valence-corrected chi connectivity index (χ3v) is 5.22. The molecule has 2 aromatic rings. The van der Waals surface area contributed by atoms with E-state index in [1.54, 1.807) is 6.07 Å². The minimum absolute atomic E-state index is 0.139. The Morgan fingerprint density at radius 2 is 1.65 bits per heavy atom. The van der Waals surface area contributed by atoms with Crippen LogP contribution >= 0.6 is 23.2 Å². The van der Waals surface area contributed by atoms with Gasteiger partial charge in [0, 0.05) is 10.7 Å². The van der Waals surface area contributed by atoms with Crippen molar-refractivity contribution in [3.63, 3.8) is 0 Å². The Morgan fingerprint density at radius 1 is 1.00 bits per heavy atom. The van der Waals surface area contributed by atoms with E-state index in [9.17, 15) is 14.4 Å². The summed E-state index contributed by atoms with van der Waals surface area (Å²) >= 11 is 12.0. The van der Waals surface area contributed by atoms with Gasteiger partial charge in [0.1, 0.15) is 6.04 Å². The fourth-order valence-corrected chi connectivity index (χ4v) is 3.59. The number of amides is 3. The van der Waals surface area contributed by atoms with Crippen molar-refractivity contribution in [3.05, 3.63) is 63.1 Å². The molecule has 1 unspecified atom stereocenters. The van der Waals surface area contributed by atoms with Gasteiger partial charge in [-0.15, -0.1) is 0 Å². The minimum Gasteiger partial charge on any atom is -0.345 e. The molecule has 0 heterocycles. The van der Waals surface area contributed by atoms with E-state index in [1.807, 2.05) is 45.9 Å². The maximum atomic E-state index is 12.7. The highest BCUT2D eigenvalue weighted by Gasteiger charge is 2.24. The van der Waals surface area contributed by atoms with E-state index in [-0.39, 0.29) is 29.0 Å². The molecule has 3 amide bonds. The molecule has 31 heavy (non-hydrogen) atoms. The van der Waals surface area contributed by atoms with Crippen LogP contribution in [0.5, 0.6) is 0 Å². The predicted octanol–water partition coefficient (Wildman–Crippen LogP) is 4.51. The SMILES string of the molecule is Cc1cccc(C)c1NC(=O)CNC(=O)C(CC(C)C)NC(=O)c1ccc(Cl)cc1Cl. The van der Waals surface area contributed by atoms with E-state index in [1.165, 1.54) is 12.1 Å². The molecule has 2 rings (SSSR count). The first kappa shape index (κ1) is 24.7. The predicted molar refractivity (Wildman–Crippen MR) is 125 cm³/mol. The highest BCUT2D eigenvalue weighted by atomic mass is 35.5. The summed E-state index contributed by atoms with van der Waals surface area (Å²) in [7, 11) is 0. The molecule has 0 aliphatic carbocycles. The van der Waals surface area contributed by atoms with Crippen LogP contribution in [0.25, 0.3) is 0 Å². The fraction of sp³-hybridized carbons (Fsp3) is 0.348. The van der Waals surface area contributed by atoms with Gasteiger partial charge in [-0.25, -0.2) is 0 Å². The number of anilines is 1. The molecule has 0 aliphatic rings. The zero-order chi connectivity index (χ0) is 23.1. The number of rotatable bonds is 8. The van der Waals surface area contributed by atoms with Crippen LogP contribution in [-0.4, -0.2) is 30.3 Å². The highest BCUT2D eigenvalue weighted by Crippen LogP contribution is 2.21. The van der Waals surface area contributed by atoms with Crippen LogP contribution in [0.1, 0.15) is 41.8 Å². The normalized spacial score (nSPS) is 11.7. The van der Waals surface area contributed by atoms with Crippen molar-refractivity contribution < 1.29 is 14.4 Å². The van der Waals surface area contributed by atoms with Crippen LogP contribution in [0.4, 0.5) is 5.69 Å². The molecule has 0 radical (unpaired) electrons. The molecule has 166 valence electrons. The highest BCUT2D eigenvalue weighted by molar-refractivity contribution is 6.36. The number of para-hydroxylation sites is 1. The summed E-state index contributed by atoms with van der Waals surface area (Å²) in [5.74, 6) is -1.13. The quantitative estimate of drug-likeness (QED) is 0.537. The number of carbonyl (C=O) groups excluding carboxylic acids is 3. The molecule has 0 bridgehead atoms. The Morgan fingerprint density at radius 3 is 2.23 bits per heavy atom. The van der Waals surface area contributed by atoms with E-state index < -0.39 is 17.9 Å². The number of halogens is 2. The Balaban J connectivity index is 2.02. The van der Waals surface area contributed by atoms with Crippen molar-refractivity contribution in [1.29, 1.82) is 0 Å². The van der Waals surface area contributed by atoms with Crippen molar-refractivity contribution >= 4 is 46.6 Å². The zero-order valence-electron chi connectivity index (χ0n) is 18.0. The largest absolute Gasteiger partial charge is 0.345 e. The van der Waals surface area contributed by atoms with E-state index in [4.69, 9.17) is 23.2 Å². The molecule has 2 aromatic carbocycles. The van der Waals surface area contributed by atoms with E-state index >= 15 is 0 Å². The zero-order valence-corrected chi connectivity index (χ0v) is 19.5. The summed E-state index contributed by atoms with van der Waals surface area (Å²) in [4.78, 5) is 37.7. The Labute approximate surface area is 192 Å². The van der Waals surface area contributed by atoms with Crippen molar-refractivity contribution in [2.24, 2.45) is 5.92 Å². The third kappa shape index (κ3) is 7.26. The lowest BCUT2D eigenvalue weighted by atomic mass is 10.0. The van der Waals surface area contributed by atoms with Crippen LogP contribution < -0.4 is 16.0 Å². The first-order chi connectivity index (χ1) is 14.6. The van der Waals surface area contributed by atoms with Crippen LogP contribution in [0.2, 0.25) is 10.0 Å². The summed E-state index contributed by atoms with van der Waals surface area (Å²) in [6.07, 6.45) is 0.404. The maximum Gasteiger partial charge on any atom is 0.253 e. The van der Waals surface area contributed by atoms with Crippen molar-refractivity contribution in [3.8, 4) is 0 Å². The van der Waals surface area contributed by atoms with Gasteiger partial charge in [0.05, 0.1) is 17.1 Å². The topological polar surface area (TPSA) is 87.3 Å². The Hall–Kier alpha value is -2.57. The lowest BCUT2D eigenvalue weighted by Crippen LogP contribution is -2.49. The standard InChI is InChI=1S/C23H27Cl2N3O3/c1-13(2)10-19(27-22(30)17-9-8-16(24)11-18(17)25)23(31)26-12-20(29)28-21-14(3)6-5-7-15(21)4/h5-9,11,13,19H,10,12H2,1-4H3,(H,26,31)(H,27,30)(H,28,29). The second kappa shape index (κ2) is 11.2. The number of aryl methyl sites for hydroxylation is 2. The molecule has 0 aliphatic heterocycles. The number of hydrogen-bond acceptors (Lipinski definition) is 3. The molecule has 0 aromatic heterocycles. The van der Waals surface area contributed by atoms with Crippen molar-refractivity contribution in [2.45, 2.75) is 40.2 Å². The summed E-state index contributed by atoms with van der Waals surface area (Å²) < 4.78 is 0. The molecule has 1 atom stereocenters. The Kier molecular flexibility index (Phi) is 8.89. The summed E-state index contributed by atoms with van der Waals surface area (Å²) in [6, 6.07) is 9.42. The lowest BCUT2D eigenvalue weighted by molar-refractivity contribution is -0.125. The number of benzene rings is 2. The first-order valence-corrected chi connectivity index (χ1v) is 10.7. The van der Waals surface area contributed by atoms with Crippen LogP contribution in [0.3, 0.4) is 0 Å². The average Bonchev–Trinajstić information content (AvgIpc) is 2.68. The van der Waals surface area contributed by atoms with Gasteiger partial charge in [-0.3, -0.25) is 14.4 Å². The van der Waals surface area contributed by atoms with Crippen LogP contribution in [0, 0.1) is 19.8 Å². The van der Waals surface area contributed by atoms with Crippen LogP contribution in [0.15, 0.2) is 36.4 Å². The van der Waals surface area contributed by atoms with Gasteiger partial charge in [0.25, 0.3) is 5.91 Å². The lowest BCUT2D eigenvalue weighted by Gasteiger charge is -2.20. The Bertz CT molecular complexity index is 956. The second-order valence-corrected chi connectivity index (χ2v) is 8.66. The number of nitrogens with one attached hydrogen (secondary N) is 3. The van der Waals surface area contributed by atoms with E-state index in [2.05, 4.69) is 16.0 Å². The summed E-state index contributed by atoms with van der Waals surface area (Å²) in [5, 5.41) is 8.74. The fourth-order valence-electron chi connectivity index (χ4n) is 3.10. The molecule has 0 saturated heterocycles.